The van der Waals surface area contributed by atoms with Crippen LogP contribution in [0.3, 0.4) is 0 Å². The van der Waals surface area contributed by atoms with E-state index < -0.39 is 36.5 Å². The molecule has 23 heavy (non-hydrogen) atoms. The van der Waals surface area contributed by atoms with Crippen LogP contribution in [0.1, 0.15) is 6.92 Å². The minimum absolute atomic E-state index is 0.143. The van der Waals surface area contributed by atoms with Crippen LogP contribution in [0.5, 0.6) is 0 Å². The Bertz CT molecular complexity index is 878. The van der Waals surface area contributed by atoms with Gasteiger partial charge in [-0.15, -0.1) is 0 Å². The van der Waals surface area contributed by atoms with Crippen molar-refractivity contribution < 1.29 is 18.4 Å². The second-order valence-corrected chi connectivity index (χ2v) is 7.11. The molecule has 0 spiro atoms. The summed E-state index contributed by atoms with van der Waals surface area (Å²) < 4.78 is 24.1. The second kappa shape index (κ2) is 5.86. The van der Waals surface area contributed by atoms with E-state index in [0.717, 1.165) is 13.0 Å². The van der Waals surface area contributed by atoms with E-state index >= 15 is 0 Å². The molecular weight excluding hydrogens is 322 g/mol. The largest absolute Gasteiger partial charge is 0.399 e. The molecule has 0 bridgehead atoms. The predicted octanol–water partition coefficient (Wildman–Crippen LogP) is 1.54. The summed E-state index contributed by atoms with van der Waals surface area (Å²) in [5, 5.41) is 20.8. The standard InChI is InChI=1S/C14H15N3O5S/c1-8(18)23(21,22)12-6-5-11(14(13(12)16)17(19)20)9-3-2-4-10(15)7-9/h2-8,18H,15-16H2,1H3. The van der Waals surface area contributed by atoms with Crippen LogP contribution in [0.4, 0.5) is 17.1 Å². The van der Waals surface area contributed by atoms with Crippen molar-refractivity contribution in [2.45, 2.75) is 17.3 Å². The molecule has 1 atom stereocenters. The molecule has 0 aliphatic rings. The highest BCUT2D eigenvalue weighted by atomic mass is 32.2. The first-order chi connectivity index (χ1) is 10.7. The molecule has 0 radical (unpaired) electrons. The fourth-order valence-electron chi connectivity index (χ4n) is 2.16. The molecule has 0 aliphatic carbocycles. The van der Waals surface area contributed by atoms with Gasteiger partial charge >= 0.3 is 5.69 Å². The Labute approximate surface area is 132 Å². The van der Waals surface area contributed by atoms with Crippen molar-refractivity contribution in [1.29, 1.82) is 0 Å². The molecule has 0 heterocycles. The molecule has 0 aromatic heterocycles. The van der Waals surface area contributed by atoms with Gasteiger partial charge in [0.25, 0.3) is 0 Å². The number of rotatable bonds is 4. The Morgan fingerprint density at radius 3 is 2.39 bits per heavy atom. The molecule has 9 heteroatoms. The van der Waals surface area contributed by atoms with Gasteiger partial charge in [-0.1, -0.05) is 12.1 Å². The number of nitro groups is 1. The van der Waals surface area contributed by atoms with Gasteiger partial charge in [-0.25, -0.2) is 8.42 Å². The minimum atomic E-state index is -4.17. The zero-order valence-electron chi connectivity index (χ0n) is 12.1. The van der Waals surface area contributed by atoms with Crippen molar-refractivity contribution in [2.75, 3.05) is 11.5 Å². The van der Waals surface area contributed by atoms with Gasteiger partial charge in [-0.2, -0.15) is 0 Å². The van der Waals surface area contributed by atoms with Gasteiger partial charge in [-0.3, -0.25) is 10.1 Å². The fraction of sp³-hybridized carbons (Fsp3) is 0.143. The quantitative estimate of drug-likeness (QED) is 0.435. The Balaban J connectivity index is 2.79. The summed E-state index contributed by atoms with van der Waals surface area (Å²) in [5.74, 6) is 0. The lowest BCUT2D eigenvalue weighted by Crippen LogP contribution is -2.19. The molecule has 0 amide bonds. The molecule has 0 aliphatic heterocycles. The maximum absolute atomic E-state index is 12.1. The predicted molar refractivity (Wildman–Crippen MR) is 86.2 cm³/mol. The van der Waals surface area contributed by atoms with Gasteiger partial charge < -0.3 is 16.6 Å². The molecule has 5 N–H and O–H groups in total. The topological polar surface area (TPSA) is 150 Å². The first-order valence-corrected chi connectivity index (χ1v) is 8.05. The van der Waals surface area contributed by atoms with E-state index in [1.807, 2.05) is 0 Å². The highest BCUT2D eigenvalue weighted by Crippen LogP contribution is 2.39. The summed E-state index contributed by atoms with van der Waals surface area (Å²) in [7, 11) is -4.17. The van der Waals surface area contributed by atoms with E-state index in [4.69, 9.17) is 11.5 Å². The second-order valence-electron chi connectivity index (χ2n) is 4.90. The molecule has 0 fully saturated rings. The number of nitrogen functional groups attached to an aromatic ring is 2. The molecule has 2 aromatic rings. The third-order valence-corrected chi connectivity index (χ3v) is 5.18. The maximum atomic E-state index is 12.1. The lowest BCUT2D eigenvalue weighted by Gasteiger charge is -2.12. The van der Waals surface area contributed by atoms with Crippen molar-refractivity contribution in [3.8, 4) is 11.1 Å². The molecule has 0 saturated carbocycles. The first-order valence-electron chi connectivity index (χ1n) is 6.51. The van der Waals surface area contributed by atoms with Crippen LogP contribution < -0.4 is 11.5 Å². The summed E-state index contributed by atoms with van der Waals surface area (Å²) in [4.78, 5) is 10.2. The van der Waals surface area contributed by atoms with Crippen LogP contribution in [-0.2, 0) is 9.84 Å². The number of hydrogen-bond donors (Lipinski definition) is 3. The van der Waals surface area contributed by atoms with Crippen molar-refractivity contribution in [2.24, 2.45) is 0 Å². The molecule has 122 valence electrons. The van der Waals surface area contributed by atoms with E-state index in [1.165, 1.54) is 12.1 Å². The first kappa shape index (κ1) is 16.7. The Morgan fingerprint density at radius 1 is 1.22 bits per heavy atom. The molecule has 2 rings (SSSR count). The van der Waals surface area contributed by atoms with E-state index in [9.17, 15) is 23.6 Å². The van der Waals surface area contributed by atoms with Crippen LogP contribution in [0.2, 0.25) is 0 Å². The average Bonchev–Trinajstić information content (AvgIpc) is 2.45. The van der Waals surface area contributed by atoms with Gasteiger partial charge in [0.15, 0.2) is 5.44 Å². The van der Waals surface area contributed by atoms with Gasteiger partial charge in [0.05, 0.1) is 15.4 Å². The van der Waals surface area contributed by atoms with Crippen molar-refractivity contribution in [1.82, 2.24) is 0 Å². The zero-order valence-corrected chi connectivity index (χ0v) is 12.9. The highest BCUT2D eigenvalue weighted by Gasteiger charge is 2.30. The number of sulfone groups is 1. The summed E-state index contributed by atoms with van der Waals surface area (Å²) in [5.41, 5.74) is 9.57. The lowest BCUT2D eigenvalue weighted by molar-refractivity contribution is -0.383. The van der Waals surface area contributed by atoms with E-state index in [2.05, 4.69) is 0 Å². The van der Waals surface area contributed by atoms with Crippen LogP contribution >= 0.6 is 0 Å². The van der Waals surface area contributed by atoms with Crippen LogP contribution in [-0.4, -0.2) is 23.9 Å². The summed E-state index contributed by atoms with van der Waals surface area (Å²) in [6.45, 7) is 1.05. The molecular formula is C14H15N3O5S. The molecule has 0 saturated heterocycles. The normalized spacial score (nSPS) is 12.8. The number of aliphatic hydroxyl groups excluding tert-OH is 1. The number of nitro benzene ring substituents is 1. The SMILES string of the molecule is CC(O)S(=O)(=O)c1ccc(-c2cccc(N)c2)c([N+](=O)[O-])c1N. The van der Waals surface area contributed by atoms with E-state index in [1.54, 1.807) is 18.2 Å². The highest BCUT2D eigenvalue weighted by molar-refractivity contribution is 7.92. The number of benzene rings is 2. The zero-order chi connectivity index (χ0) is 17.4. The number of hydrogen-bond acceptors (Lipinski definition) is 7. The monoisotopic (exact) mass is 337 g/mol. The third kappa shape index (κ3) is 2.96. The van der Waals surface area contributed by atoms with Crippen molar-refractivity contribution in [3.63, 3.8) is 0 Å². The number of anilines is 2. The van der Waals surface area contributed by atoms with Crippen LogP contribution in [0.25, 0.3) is 11.1 Å². The average molecular weight is 337 g/mol. The molecule has 1 unspecified atom stereocenters. The number of nitrogens with two attached hydrogens (primary N) is 2. The van der Waals surface area contributed by atoms with Gasteiger partial charge in [0.1, 0.15) is 5.69 Å². The summed E-state index contributed by atoms with van der Waals surface area (Å²) >= 11 is 0. The fourth-order valence-corrected chi connectivity index (χ4v) is 3.19. The number of aliphatic hydroxyl groups is 1. The van der Waals surface area contributed by atoms with E-state index in [0.29, 0.717) is 11.3 Å². The Morgan fingerprint density at radius 2 is 1.87 bits per heavy atom. The molecule has 8 nitrogen and oxygen atoms in total. The lowest BCUT2D eigenvalue weighted by atomic mass is 10.0. The Hall–Kier alpha value is -2.65. The Kier molecular flexibility index (Phi) is 4.26. The van der Waals surface area contributed by atoms with Crippen molar-refractivity contribution in [3.05, 3.63) is 46.5 Å². The van der Waals surface area contributed by atoms with E-state index in [-0.39, 0.29) is 5.56 Å². The molecule has 2 aromatic carbocycles. The maximum Gasteiger partial charge on any atom is 0.301 e. The van der Waals surface area contributed by atoms with Crippen molar-refractivity contribution >= 4 is 26.9 Å². The van der Waals surface area contributed by atoms with Gasteiger partial charge in [0.2, 0.25) is 9.84 Å². The number of nitrogens with zero attached hydrogens (tertiary/aromatic N) is 1. The van der Waals surface area contributed by atoms with Gasteiger partial charge in [0, 0.05) is 5.69 Å². The summed E-state index contributed by atoms with van der Waals surface area (Å²) in [6, 6.07) is 8.77. The minimum Gasteiger partial charge on any atom is -0.399 e. The summed E-state index contributed by atoms with van der Waals surface area (Å²) in [6.07, 6.45) is 0. The smallest absolute Gasteiger partial charge is 0.301 e. The van der Waals surface area contributed by atoms with Crippen LogP contribution in [0.15, 0.2) is 41.3 Å². The third-order valence-electron chi connectivity index (χ3n) is 3.31. The van der Waals surface area contributed by atoms with Crippen LogP contribution in [0, 0.1) is 10.1 Å². The van der Waals surface area contributed by atoms with Gasteiger partial charge in [-0.05, 0) is 36.8 Å².